The summed E-state index contributed by atoms with van der Waals surface area (Å²) in [6, 6.07) is 9.61. The fraction of sp³-hybridized carbons (Fsp3) is 0.412. The van der Waals surface area contributed by atoms with Crippen molar-refractivity contribution in [2.24, 2.45) is 0 Å². The molecule has 1 aromatic heterocycles. The maximum absolute atomic E-state index is 12.7. The Morgan fingerprint density at radius 3 is 2.83 bits per heavy atom. The van der Waals surface area contributed by atoms with E-state index in [0.29, 0.717) is 37.6 Å². The molecule has 6 heteroatoms. The highest BCUT2D eigenvalue weighted by atomic mass is 16.5. The van der Waals surface area contributed by atoms with Crippen LogP contribution in [0, 0.1) is 0 Å². The summed E-state index contributed by atoms with van der Waals surface area (Å²) in [5.41, 5.74) is 1.17. The van der Waals surface area contributed by atoms with Crippen molar-refractivity contribution in [3.8, 4) is 11.4 Å². The van der Waals surface area contributed by atoms with E-state index in [4.69, 9.17) is 4.74 Å². The van der Waals surface area contributed by atoms with E-state index in [1.807, 2.05) is 37.3 Å². The van der Waals surface area contributed by atoms with E-state index in [9.17, 15) is 9.90 Å². The molecular formula is C17H21N3O3. The van der Waals surface area contributed by atoms with Crippen LogP contribution in [0.5, 0.6) is 5.75 Å². The Morgan fingerprint density at radius 2 is 2.17 bits per heavy atom. The molecular weight excluding hydrogens is 294 g/mol. The number of amides is 1. The minimum atomic E-state index is -0.449. The molecule has 3 rings (SSSR count). The number of β-amino-alcohol motifs (C(OH)–C–C–N with tert-alkyl or cyclic N) is 1. The number of hydrogen-bond donors (Lipinski definition) is 1. The van der Waals surface area contributed by atoms with E-state index in [1.165, 1.54) is 0 Å². The normalized spacial score (nSPS) is 17.5. The summed E-state index contributed by atoms with van der Waals surface area (Å²) in [5, 5.41) is 14.1. The lowest BCUT2D eigenvalue weighted by molar-refractivity contribution is 0.0754. The summed E-state index contributed by atoms with van der Waals surface area (Å²) in [6.45, 7) is 3.44. The number of rotatable bonds is 5. The van der Waals surface area contributed by atoms with Crippen molar-refractivity contribution >= 4 is 5.91 Å². The molecule has 0 bridgehead atoms. The van der Waals surface area contributed by atoms with E-state index in [2.05, 4.69) is 5.10 Å². The van der Waals surface area contributed by atoms with Gasteiger partial charge in [-0.1, -0.05) is 25.1 Å². The predicted octanol–water partition coefficient (Wildman–Crippen LogP) is 1.87. The Balaban J connectivity index is 1.90. The SMILES string of the molecule is CCCOc1cn(-c2ccccc2)nc1C(=O)N1CC[C@@H](O)C1. The van der Waals surface area contributed by atoms with Gasteiger partial charge in [0.1, 0.15) is 0 Å². The van der Waals surface area contributed by atoms with Crippen LogP contribution in [0.1, 0.15) is 30.3 Å². The van der Waals surface area contributed by atoms with Gasteiger partial charge in [-0.05, 0) is 25.0 Å². The fourth-order valence-corrected chi connectivity index (χ4v) is 2.61. The summed E-state index contributed by atoms with van der Waals surface area (Å²) in [6.07, 6.45) is 2.75. The van der Waals surface area contributed by atoms with Gasteiger partial charge in [0.05, 0.1) is 24.6 Å². The first kappa shape index (κ1) is 15.6. The Kier molecular flexibility index (Phi) is 4.62. The van der Waals surface area contributed by atoms with E-state index in [-0.39, 0.29) is 5.91 Å². The second kappa shape index (κ2) is 6.83. The second-order valence-electron chi connectivity index (χ2n) is 5.66. The highest BCUT2D eigenvalue weighted by Gasteiger charge is 2.29. The minimum Gasteiger partial charge on any atom is -0.489 e. The Labute approximate surface area is 135 Å². The van der Waals surface area contributed by atoms with Crippen molar-refractivity contribution in [2.45, 2.75) is 25.9 Å². The third-order valence-electron chi connectivity index (χ3n) is 3.82. The Hall–Kier alpha value is -2.34. The molecule has 1 saturated heterocycles. The lowest BCUT2D eigenvalue weighted by Gasteiger charge is -2.14. The van der Waals surface area contributed by atoms with Crippen LogP contribution in [0.3, 0.4) is 0 Å². The summed E-state index contributed by atoms with van der Waals surface area (Å²) in [5.74, 6) is 0.296. The van der Waals surface area contributed by atoms with E-state index in [1.54, 1.807) is 15.8 Å². The molecule has 122 valence electrons. The molecule has 0 radical (unpaired) electrons. The lowest BCUT2D eigenvalue weighted by Crippen LogP contribution is -2.30. The highest BCUT2D eigenvalue weighted by molar-refractivity contribution is 5.95. The zero-order chi connectivity index (χ0) is 16.2. The van der Waals surface area contributed by atoms with Gasteiger partial charge >= 0.3 is 0 Å². The van der Waals surface area contributed by atoms with Crippen molar-refractivity contribution in [1.82, 2.24) is 14.7 Å². The van der Waals surface area contributed by atoms with Gasteiger partial charge in [-0.3, -0.25) is 4.79 Å². The van der Waals surface area contributed by atoms with Gasteiger partial charge in [0.25, 0.3) is 5.91 Å². The molecule has 1 aromatic carbocycles. The van der Waals surface area contributed by atoms with Gasteiger partial charge in [-0.15, -0.1) is 0 Å². The number of para-hydroxylation sites is 1. The number of aromatic nitrogens is 2. The van der Waals surface area contributed by atoms with E-state index >= 15 is 0 Å². The number of carbonyl (C=O) groups is 1. The summed E-state index contributed by atoms with van der Waals surface area (Å²) in [7, 11) is 0. The second-order valence-corrected chi connectivity index (χ2v) is 5.66. The summed E-state index contributed by atoms with van der Waals surface area (Å²) < 4.78 is 7.36. The van der Waals surface area contributed by atoms with E-state index < -0.39 is 6.10 Å². The van der Waals surface area contributed by atoms with Crippen LogP contribution in [0.15, 0.2) is 36.5 Å². The van der Waals surface area contributed by atoms with Gasteiger partial charge in [-0.25, -0.2) is 4.68 Å². The summed E-state index contributed by atoms with van der Waals surface area (Å²) in [4.78, 5) is 14.3. The smallest absolute Gasteiger partial charge is 0.278 e. The van der Waals surface area contributed by atoms with Crippen LogP contribution in [0.4, 0.5) is 0 Å². The molecule has 1 aliphatic rings. The van der Waals surface area contributed by atoms with Crippen LogP contribution in [-0.4, -0.2) is 51.5 Å². The first-order valence-electron chi connectivity index (χ1n) is 7.94. The molecule has 23 heavy (non-hydrogen) atoms. The molecule has 0 aliphatic carbocycles. The average molecular weight is 315 g/mol. The third kappa shape index (κ3) is 3.37. The zero-order valence-corrected chi connectivity index (χ0v) is 13.2. The first-order valence-corrected chi connectivity index (χ1v) is 7.94. The maximum Gasteiger partial charge on any atom is 0.278 e. The molecule has 1 aliphatic heterocycles. The largest absolute Gasteiger partial charge is 0.489 e. The van der Waals surface area contributed by atoms with Crippen LogP contribution in [-0.2, 0) is 0 Å². The number of aliphatic hydroxyl groups is 1. The monoisotopic (exact) mass is 315 g/mol. The van der Waals surface area contributed by atoms with Gasteiger partial charge < -0.3 is 14.7 Å². The number of likely N-dealkylation sites (tertiary alicyclic amines) is 1. The number of hydrogen-bond acceptors (Lipinski definition) is 4. The van der Waals surface area contributed by atoms with Gasteiger partial charge in [-0.2, -0.15) is 5.10 Å². The zero-order valence-electron chi connectivity index (χ0n) is 13.2. The third-order valence-corrected chi connectivity index (χ3v) is 3.82. The van der Waals surface area contributed by atoms with Gasteiger partial charge in [0.2, 0.25) is 0 Å². The average Bonchev–Trinajstić information content (AvgIpc) is 3.19. The number of ether oxygens (including phenoxy) is 1. The van der Waals surface area contributed by atoms with Crippen molar-refractivity contribution in [3.63, 3.8) is 0 Å². The molecule has 0 spiro atoms. The molecule has 1 fully saturated rings. The minimum absolute atomic E-state index is 0.192. The molecule has 2 aromatic rings. The number of aliphatic hydroxyl groups excluding tert-OH is 1. The highest BCUT2D eigenvalue weighted by Crippen LogP contribution is 2.23. The molecule has 0 saturated carbocycles. The van der Waals surface area contributed by atoms with Crippen molar-refractivity contribution in [3.05, 3.63) is 42.2 Å². The first-order chi connectivity index (χ1) is 11.2. The van der Waals surface area contributed by atoms with Crippen LogP contribution in [0.2, 0.25) is 0 Å². The predicted molar refractivity (Wildman–Crippen MR) is 85.9 cm³/mol. The topological polar surface area (TPSA) is 67.6 Å². The molecule has 2 heterocycles. The Morgan fingerprint density at radius 1 is 1.39 bits per heavy atom. The summed E-state index contributed by atoms with van der Waals surface area (Å²) >= 11 is 0. The van der Waals surface area contributed by atoms with Crippen molar-refractivity contribution in [2.75, 3.05) is 19.7 Å². The van der Waals surface area contributed by atoms with E-state index in [0.717, 1.165) is 12.1 Å². The maximum atomic E-state index is 12.7. The Bertz CT molecular complexity index is 669. The molecule has 1 amide bonds. The van der Waals surface area contributed by atoms with Crippen molar-refractivity contribution in [1.29, 1.82) is 0 Å². The van der Waals surface area contributed by atoms with Crippen LogP contribution >= 0.6 is 0 Å². The standard InChI is InChI=1S/C17H21N3O3/c1-2-10-23-15-12-20(13-6-4-3-5-7-13)18-16(15)17(22)19-9-8-14(21)11-19/h3-7,12,14,21H,2,8-11H2,1H3/t14-/m1/s1. The lowest BCUT2D eigenvalue weighted by atomic mass is 10.3. The van der Waals surface area contributed by atoms with Crippen LogP contribution in [0.25, 0.3) is 5.69 Å². The van der Waals surface area contributed by atoms with Crippen LogP contribution < -0.4 is 4.74 Å². The quantitative estimate of drug-likeness (QED) is 0.914. The van der Waals surface area contributed by atoms with Crippen molar-refractivity contribution < 1.29 is 14.6 Å². The number of nitrogens with zero attached hydrogens (tertiary/aromatic N) is 3. The molecule has 1 N–H and O–H groups in total. The molecule has 6 nitrogen and oxygen atoms in total. The van der Waals surface area contributed by atoms with Gasteiger partial charge in [0.15, 0.2) is 11.4 Å². The fourth-order valence-electron chi connectivity index (χ4n) is 2.61. The number of benzene rings is 1. The molecule has 1 atom stereocenters. The number of carbonyl (C=O) groups excluding carboxylic acids is 1. The molecule has 0 unspecified atom stereocenters. The van der Waals surface area contributed by atoms with Gasteiger partial charge in [0, 0.05) is 13.1 Å².